The van der Waals surface area contributed by atoms with Crippen molar-refractivity contribution in [3.05, 3.63) is 74.6 Å². The molecule has 0 atom stereocenters. The zero-order valence-electron chi connectivity index (χ0n) is 15.8. The van der Waals surface area contributed by atoms with Gasteiger partial charge < -0.3 is 15.4 Å². The molecule has 3 aromatic rings. The van der Waals surface area contributed by atoms with Crippen molar-refractivity contribution in [1.29, 1.82) is 0 Å². The van der Waals surface area contributed by atoms with Gasteiger partial charge in [-0.15, -0.1) is 11.3 Å². The van der Waals surface area contributed by atoms with E-state index >= 15 is 0 Å². The number of carbonyl (C=O) groups excluding carboxylic acids is 2. The maximum Gasteiger partial charge on any atom is 0.251 e. The summed E-state index contributed by atoms with van der Waals surface area (Å²) >= 11 is 4.90. The molecule has 0 spiro atoms. The van der Waals surface area contributed by atoms with E-state index in [1.807, 2.05) is 30.5 Å². The summed E-state index contributed by atoms with van der Waals surface area (Å²) in [6.45, 7) is 2.51. The predicted molar refractivity (Wildman–Crippen MR) is 117 cm³/mol. The first kappa shape index (κ1) is 21.0. The number of thiazole rings is 1. The zero-order valence-corrected chi connectivity index (χ0v) is 18.2. The first-order valence-electron chi connectivity index (χ1n) is 8.95. The Hall–Kier alpha value is -2.71. The lowest BCUT2D eigenvalue weighted by atomic mass is 10.2. The monoisotopic (exact) mass is 473 g/mol. The molecule has 0 unspecified atom stereocenters. The molecule has 0 bridgehead atoms. The number of nitrogens with zero attached hydrogens (tertiary/aromatic N) is 1. The number of hydrogen-bond donors (Lipinski definition) is 2. The summed E-state index contributed by atoms with van der Waals surface area (Å²) in [5.74, 6) is 0.177. The lowest BCUT2D eigenvalue weighted by Crippen LogP contribution is -2.27. The molecule has 1 aromatic heterocycles. The molecule has 2 N–H and O–H groups in total. The molecular weight excluding hydrogens is 454 g/mol. The molecule has 0 aliphatic carbocycles. The summed E-state index contributed by atoms with van der Waals surface area (Å²) in [5.41, 5.74) is 4.79. The van der Waals surface area contributed by atoms with Gasteiger partial charge in [0.1, 0.15) is 12.4 Å². The lowest BCUT2D eigenvalue weighted by Gasteiger charge is -2.10. The van der Waals surface area contributed by atoms with Gasteiger partial charge >= 0.3 is 0 Å². The van der Waals surface area contributed by atoms with Crippen molar-refractivity contribution in [3.63, 3.8) is 0 Å². The summed E-state index contributed by atoms with van der Waals surface area (Å²) in [4.78, 5) is 28.7. The van der Waals surface area contributed by atoms with Crippen LogP contribution in [-0.4, -0.2) is 23.3 Å². The number of aromatic nitrogens is 1. The number of nitrogens with one attached hydrogen (secondary N) is 2. The van der Waals surface area contributed by atoms with Crippen molar-refractivity contribution in [2.75, 3.05) is 11.9 Å². The van der Waals surface area contributed by atoms with Gasteiger partial charge in [0, 0.05) is 34.1 Å². The molecule has 0 saturated heterocycles. The smallest absolute Gasteiger partial charge is 0.251 e. The second-order valence-electron chi connectivity index (χ2n) is 6.31. The van der Waals surface area contributed by atoms with Gasteiger partial charge in [0.15, 0.2) is 0 Å². The molecule has 0 aliphatic rings. The van der Waals surface area contributed by atoms with Gasteiger partial charge in [0.25, 0.3) is 5.91 Å². The molecule has 6 nitrogen and oxygen atoms in total. The third-order valence-electron chi connectivity index (χ3n) is 4.08. The van der Waals surface area contributed by atoms with Gasteiger partial charge in [-0.2, -0.15) is 0 Å². The number of rotatable bonds is 8. The molecule has 0 aliphatic heterocycles. The van der Waals surface area contributed by atoms with Crippen molar-refractivity contribution in [3.8, 4) is 5.75 Å². The number of carbonyl (C=O) groups is 2. The number of halogens is 1. The molecule has 8 heteroatoms. The van der Waals surface area contributed by atoms with Crippen LogP contribution in [0.15, 0.2) is 57.8 Å². The average Bonchev–Trinajstić information content (AvgIpc) is 3.23. The van der Waals surface area contributed by atoms with Gasteiger partial charge in [-0.05, 0) is 42.8 Å². The van der Waals surface area contributed by atoms with E-state index < -0.39 is 0 Å². The number of benzene rings is 2. The fourth-order valence-electron chi connectivity index (χ4n) is 2.53. The van der Waals surface area contributed by atoms with E-state index in [2.05, 4.69) is 31.5 Å². The van der Waals surface area contributed by atoms with E-state index in [1.54, 1.807) is 29.8 Å². The third kappa shape index (κ3) is 6.40. The summed E-state index contributed by atoms with van der Waals surface area (Å²) in [7, 11) is 0. The fraction of sp³-hybridized carbons (Fsp3) is 0.190. The summed E-state index contributed by atoms with van der Waals surface area (Å²) < 4.78 is 6.56. The largest absolute Gasteiger partial charge is 0.487 e. The number of amides is 2. The quantitative estimate of drug-likeness (QED) is 0.502. The van der Waals surface area contributed by atoms with Crippen LogP contribution in [0.3, 0.4) is 0 Å². The summed E-state index contributed by atoms with van der Waals surface area (Å²) in [5, 5.41) is 7.54. The van der Waals surface area contributed by atoms with Crippen molar-refractivity contribution >= 4 is 44.8 Å². The van der Waals surface area contributed by atoms with Crippen molar-refractivity contribution in [2.45, 2.75) is 20.0 Å². The summed E-state index contributed by atoms with van der Waals surface area (Å²) in [6.07, 6.45) is 0.178. The van der Waals surface area contributed by atoms with Crippen LogP contribution in [0, 0.1) is 6.92 Å². The maximum atomic E-state index is 12.4. The highest BCUT2D eigenvalue weighted by molar-refractivity contribution is 9.10. The number of ether oxygens (including phenoxy) is 1. The van der Waals surface area contributed by atoms with Crippen LogP contribution in [0.2, 0.25) is 0 Å². The highest BCUT2D eigenvalue weighted by Gasteiger charge is 2.09. The molecular formula is C21H20BrN3O3S. The normalized spacial score (nSPS) is 10.4. The molecule has 1 heterocycles. The lowest BCUT2D eigenvalue weighted by molar-refractivity contribution is -0.116. The highest BCUT2D eigenvalue weighted by Crippen LogP contribution is 2.20. The Morgan fingerprint density at radius 2 is 2.07 bits per heavy atom. The third-order valence-corrected chi connectivity index (χ3v) is 5.21. The SMILES string of the molecule is Cc1ccc(Br)cc1NC(=O)CCNC(=O)c1cccc(OCc2cscn2)c1. The van der Waals surface area contributed by atoms with Crippen molar-refractivity contribution < 1.29 is 14.3 Å². The van der Waals surface area contributed by atoms with Gasteiger partial charge in [0.05, 0.1) is 11.2 Å². The van der Waals surface area contributed by atoms with E-state index in [1.165, 1.54) is 11.3 Å². The van der Waals surface area contributed by atoms with Crippen LogP contribution < -0.4 is 15.4 Å². The number of aryl methyl sites for hydroxylation is 1. The van der Waals surface area contributed by atoms with E-state index in [0.717, 1.165) is 21.4 Å². The highest BCUT2D eigenvalue weighted by atomic mass is 79.9. The molecule has 0 fully saturated rings. The van der Waals surface area contributed by atoms with Crippen molar-refractivity contribution in [1.82, 2.24) is 10.3 Å². The van der Waals surface area contributed by atoms with E-state index in [9.17, 15) is 9.59 Å². The molecule has 29 heavy (non-hydrogen) atoms. The Morgan fingerprint density at radius 3 is 2.86 bits per heavy atom. The fourth-order valence-corrected chi connectivity index (χ4v) is 3.43. The maximum absolute atomic E-state index is 12.4. The minimum atomic E-state index is -0.254. The first-order chi connectivity index (χ1) is 14.0. The minimum Gasteiger partial charge on any atom is -0.487 e. The topological polar surface area (TPSA) is 80.3 Å². The second kappa shape index (κ2) is 10.2. The van der Waals surface area contributed by atoms with E-state index in [0.29, 0.717) is 17.9 Å². The zero-order chi connectivity index (χ0) is 20.6. The van der Waals surface area contributed by atoms with Crippen LogP contribution >= 0.6 is 27.3 Å². The molecule has 2 aromatic carbocycles. The van der Waals surface area contributed by atoms with Crippen molar-refractivity contribution in [2.24, 2.45) is 0 Å². The van der Waals surface area contributed by atoms with Crippen LogP contribution in [0.1, 0.15) is 28.0 Å². The van der Waals surface area contributed by atoms with Crippen LogP contribution in [-0.2, 0) is 11.4 Å². The Morgan fingerprint density at radius 1 is 1.21 bits per heavy atom. The standard InChI is InChI=1S/C21H20BrN3O3S/c1-14-5-6-16(22)10-19(14)25-20(26)7-8-23-21(27)15-3-2-4-18(9-15)28-11-17-12-29-13-24-17/h2-6,9-10,12-13H,7-8,11H2,1H3,(H,23,27)(H,25,26). The number of anilines is 1. The Kier molecular flexibility index (Phi) is 7.37. The Balaban J connectivity index is 1.47. The van der Waals surface area contributed by atoms with E-state index in [4.69, 9.17) is 4.74 Å². The molecule has 150 valence electrons. The first-order valence-corrected chi connectivity index (χ1v) is 10.7. The Bertz CT molecular complexity index is 993. The van der Waals surface area contributed by atoms with Gasteiger partial charge in [-0.3, -0.25) is 9.59 Å². The molecule has 0 radical (unpaired) electrons. The Labute approximate surface area is 181 Å². The average molecular weight is 474 g/mol. The van der Waals surface area contributed by atoms with E-state index in [-0.39, 0.29) is 24.8 Å². The molecule has 2 amide bonds. The molecule has 3 rings (SSSR count). The minimum absolute atomic E-state index is 0.160. The second-order valence-corrected chi connectivity index (χ2v) is 7.94. The van der Waals surface area contributed by atoms with Gasteiger partial charge in [-0.1, -0.05) is 28.1 Å². The van der Waals surface area contributed by atoms with Gasteiger partial charge in [0.2, 0.25) is 5.91 Å². The van der Waals surface area contributed by atoms with Crippen LogP contribution in [0.25, 0.3) is 0 Å². The summed E-state index contributed by atoms with van der Waals surface area (Å²) in [6, 6.07) is 12.6. The van der Waals surface area contributed by atoms with Gasteiger partial charge in [-0.25, -0.2) is 4.98 Å². The van der Waals surface area contributed by atoms with Crippen LogP contribution in [0.4, 0.5) is 5.69 Å². The predicted octanol–water partition coefficient (Wildman–Crippen LogP) is 4.55. The van der Waals surface area contributed by atoms with Crippen LogP contribution in [0.5, 0.6) is 5.75 Å². The number of hydrogen-bond acceptors (Lipinski definition) is 5. The molecule has 0 saturated carbocycles.